The molecule has 1 N–H and O–H groups in total. The van der Waals surface area contributed by atoms with Crippen LogP contribution >= 0.6 is 23.2 Å². The lowest BCUT2D eigenvalue weighted by atomic mass is 10.2. The molecule has 3 nitrogen and oxygen atoms in total. The molecule has 1 atom stereocenters. The lowest BCUT2D eigenvalue weighted by Gasteiger charge is -2.16. The minimum atomic E-state index is -0.145. The monoisotopic (exact) mass is 275 g/mol. The molecule has 1 aromatic carbocycles. The molecule has 0 saturated carbocycles. The molecule has 0 aliphatic heterocycles. The molecular formula is C12H15Cl2NO2. The Bertz CT molecular complexity index is 348. The van der Waals surface area contributed by atoms with Gasteiger partial charge in [-0.15, -0.1) is 11.6 Å². The molecule has 0 heterocycles. The molecule has 0 aromatic heterocycles. The van der Waals surface area contributed by atoms with Gasteiger partial charge in [0, 0.05) is 23.6 Å². The maximum Gasteiger partial charge on any atom is 0.251 e. The molecule has 5 heteroatoms. The Hall–Kier alpha value is -0.770. The first-order valence-electron chi connectivity index (χ1n) is 5.28. The van der Waals surface area contributed by atoms with Crippen LogP contribution in [0.5, 0.6) is 0 Å². The van der Waals surface area contributed by atoms with E-state index in [1.54, 1.807) is 31.4 Å². The molecule has 17 heavy (non-hydrogen) atoms. The molecule has 0 saturated heterocycles. The van der Waals surface area contributed by atoms with E-state index in [-0.39, 0.29) is 11.9 Å². The number of alkyl halides is 1. The molecule has 0 spiro atoms. The highest BCUT2D eigenvalue weighted by atomic mass is 35.5. The van der Waals surface area contributed by atoms with E-state index < -0.39 is 0 Å². The van der Waals surface area contributed by atoms with Gasteiger partial charge in [-0.05, 0) is 30.7 Å². The van der Waals surface area contributed by atoms with E-state index in [0.717, 1.165) is 0 Å². The first-order valence-corrected chi connectivity index (χ1v) is 6.20. The number of hydrogen-bond donors (Lipinski definition) is 1. The van der Waals surface area contributed by atoms with Crippen LogP contribution in [-0.2, 0) is 4.74 Å². The number of nitrogens with one attached hydrogen (secondary N) is 1. The van der Waals surface area contributed by atoms with Crippen molar-refractivity contribution in [1.82, 2.24) is 5.32 Å². The van der Waals surface area contributed by atoms with E-state index in [1.165, 1.54) is 0 Å². The number of ether oxygens (including phenoxy) is 1. The number of benzene rings is 1. The summed E-state index contributed by atoms with van der Waals surface area (Å²) in [5.74, 6) is 0.336. The molecule has 1 rings (SSSR count). The number of halogens is 2. The maximum absolute atomic E-state index is 11.9. The van der Waals surface area contributed by atoms with Crippen molar-refractivity contribution < 1.29 is 9.53 Å². The Morgan fingerprint density at radius 1 is 1.41 bits per heavy atom. The first-order chi connectivity index (χ1) is 8.17. The van der Waals surface area contributed by atoms with Gasteiger partial charge in [-0.3, -0.25) is 4.79 Å². The first kappa shape index (κ1) is 14.3. The summed E-state index contributed by atoms with van der Waals surface area (Å²) in [5, 5.41) is 3.47. The third-order valence-electron chi connectivity index (χ3n) is 2.27. The van der Waals surface area contributed by atoms with Gasteiger partial charge in [0.1, 0.15) is 0 Å². The Morgan fingerprint density at radius 2 is 2.06 bits per heavy atom. The van der Waals surface area contributed by atoms with Crippen molar-refractivity contribution in [2.75, 3.05) is 19.6 Å². The molecule has 1 amide bonds. The van der Waals surface area contributed by atoms with E-state index in [1.807, 2.05) is 0 Å². The molecule has 94 valence electrons. The topological polar surface area (TPSA) is 38.3 Å². The summed E-state index contributed by atoms with van der Waals surface area (Å²) in [7, 11) is 1.59. The van der Waals surface area contributed by atoms with Crippen LogP contribution in [0.1, 0.15) is 16.8 Å². The van der Waals surface area contributed by atoms with Crippen LogP contribution < -0.4 is 5.32 Å². The average Bonchev–Trinajstić information content (AvgIpc) is 2.30. The SMILES string of the molecule is COCC(CCCl)NC(=O)c1ccc(Cl)cc1. The number of carbonyl (C=O) groups is 1. The predicted octanol–water partition coefficient (Wildman–Crippen LogP) is 2.71. The Labute approximate surface area is 111 Å². The predicted molar refractivity (Wildman–Crippen MR) is 69.9 cm³/mol. The molecular weight excluding hydrogens is 261 g/mol. The summed E-state index contributed by atoms with van der Waals surface area (Å²) in [6.07, 6.45) is 0.675. The average molecular weight is 276 g/mol. The van der Waals surface area contributed by atoms with Crippen LogP contribution in [0.3, 0.4) is 0 Å². The normalized spacial score (nSPS) is 12.2. The minimum Gasteiger partial charge on any atom is -0.383 e. The van der Waals surface area contributed by atoms with Gasteiger partial charge in [0.2, 0.25) is 0 Å². The highest BCUT2D eigenvalue weighted by Gasteiger charge is 2.12. The van der Waals surface area contributed by atoms with E-state index in [0.29, 0.717) is 29.5 Å². The second-order valence-corrected chi connectivity index (χ2v) is 4.42. The van der Waals surface area contributed by atoms with Crippen LogP contribution in [0.2, 0.25) is 5.02 Å². The minimum absolute atomic E-state index is 0.0688. The van der Waals surface area contributed by atoms with Crippen molar-refractivity contribution in [2.45, 2.75) is 12.5 Å². The fraction of sp³-hybridized carbons (Fsp3) is 0.417. The van der Waals surface area contributed by atoms with Crippen LogP contribution in [0.25, 0.3) is 0 Å². The van der Waals surface area contributed by atoms with E-state index in [2.05, 4.69) is 5.32 Å². The standard InChI is InChI=1S/C12H15Cl2NO2/c1-17-8-11(6-7-13)15-12(16)9-2-4-10(14)5-3-9/h2-5,11H,6-8H2,1H3,(H,15,16). The summed E-state index contributed by atoms with van der Waals surface area (Å²) in [4.78, 5) is 11.9. The molecule has 0 aliphatic carbocycles. The van der Waals surface area contributed by atoms with Gasteiger partial charge in [-0.25, -0.2) is 0 Å². The van der Waals surface area contributed by atoms with Crippen molar-refractivity contribution in [3.63, 3.8) is 0 Å². The third-order valence-corrected chi connectivity index (χ3v) is 2.74. The number of amides is 1. The third kappa shape index (κ3) is 4.94. The zero-order valence-electron chi connectivity index (χ0n) is 9.58. The molecule has 0 fully saturated rings. The molecule has 0 bridgehead atoms. The summed E-state index contributed by atoms with van der Waals surface area (Å²) in [6.45, 7) is 0.450. The van der Waals surface area contributed by atoms with Gasteiger partial charge >= 0.3 is 0 Å². The molecule has 0 radical (unpaired) electrons. The van der Waals surface area contributed by atoms with E-state index in [9.17, 15) is 4.79 Å². The van der Waals surface area contributed by atoms with Gasteiger partial charge in [-0.2, -0.15) is 0 Å². The Morgan fingerprint density at radius 3 is 2.59 bits per heavy atom. The van der Waals surface area contributed by atoms with Crippen LogP contribution in [0, 0.1) is 0 Å². The fourth-order valence-electron chi connectivity index (χ4n) is 1.40. The summed E-state index contributed by atoms with van der Waals surface area (Å²) >= 11 is 11.4. The van der Waals surface area contributed by atoms with Gasteiger partial charge in [-0.1, -0.05) is 11.6 Å². The van der Waals surface area contributed by atoms with E-state index in [4.69, 9.17) is 27.9 Å². The van der Waals surface area contributed by atoms with Crippen molar-refractivity contribution in [2.24, 2.45) is 0 Å². The number of hydrogen-bond acceptors (Lipinski definition) is 2. The van der Waals surface area contributed by atoms with Crippen molar-refractivity contribution in [3.8, 4) is 0 Å². The fourth-order valence-corrected chi connectivity index (χ4v) is 1.79. The second-order valence-electron chi connectivity index (χ2n) is 3.61. The van der Waals surface area contributed by atoms with Crippen LogP contribution in [-0.4, -0.2) is 31.5 Å². The highest BCUT2D eigenvalue weighted by molar-refractivity contribution is 6.30. The largest absolute Gasteiger partial charge is 0.383 e. The van der Waals surface area contributed by atoms with Crippen LogP contribution in [0.4, 0.5) is 0 Å². The highest BCUT2D eigenvalue weighted by Crippen LogP contribution is 2.09. The van der Waals surface area contributed by atoms with E-state index >= 15 is 0 Å². The van der Waals surface area contributed by atoms with Gasteiger partial charge < -0.3 is 10.1 Å². The number of methoxy groups -OCH3 is 1. The quantitative estimate of drug-likeness (QED) is 0.811. The summed E-state index contributed by atoms with van der Waals surface area (Å²) in [6, 6.07) is 6.66. The van der Waals surface area contributed by atoms with Crippen molar-refractivity contribution in [3.05, 3.63) is 34.9 Å². The number of carbonyl (C=O) groups excluding carboxylic acids is 1. The van der Waals surface area contributed by atoms with Gasteiger partial charge in [0.25, 0.3) is 5.91 Å². The lowest BCUT2D eigenvalue weighted by molar-refractivity contribution is 0.0895. The Kier molecular flexibility index (Phi) is 6.34. The lowest BCUT2D eigenvalue weighted by Crippen LogP contribution is -2.38. The molecule has 1 aromatic rings. The molecule has 0 aliphatic rings. The Balaban J connectivity index is 2.60. The zero-order valence-corrected chi connectivity index (χ0v) is 11.1. The summed E-state index contributed by atoms with van der Waals surface area (Å²) in [5.41, 5.74) is 0.574. The zero-order chi connectivity index (χ0) is 12.7. The van der Waals surface area contributed by atoms with Crippen molar-refractivity contribution in [1.29, 1.82) is 0 Å². The van der Waals surface area contributed by atoms with Gasteiger partial charge in [0.05, 0.1) is 12.6 Å². The summed E-state index contributed by atoms with van der Waals surface area (Å²) < 4.78 is 5.02. The van der Waals surface area contributed by atoms with Crippen molar-refractivity contribution >= 4 is 29.1 Å². The van der Waals surface area contributed by atoms with Gasteiger partial charge in [0.15, 0.2) is 0 Å². The second kappa shape index (κ2) is 7.54. The number of rotatable bonds is 6. The van der Waals surface area contributed by atoms with Crippen LogP contribution in [0.15, 0.2) is 24.3 Å². The maximum atomic E-state index is 11.9. The smallest absolute Gasteiger partial charge is 0.251 e. The molecule has 1 unspecified atom stereocenters.